The molecule has 0 bridgehead atoms. The fourth-order valence-corrected chi connectivity index (χ4v) is 2.42. The van der Waals surface area contributed by atoms with Crippen LogP contribution in [0, 0.1) is 0 Å². The van der Waals surface area contributed by atoms with Crippen LogP contribution in [0.25, 0.3) is 10.9 Å². The van der Waals surface area contributed by atoms with Crippen molar-refractivity contribution in [1.29, 1.82) is 0 Å². The maximum Gasteiger partial charge on any atom is 0.144 e. The van der Waals surface area contributed by atoms with Crippen LogP contribution in [0.5, 0.6) is 0 Å². The predicted octanol–water partition coefficient (Wildman–Crippen LogP) is 3.14. The fraction of sp³-hybridized carbons (Fsp3) is 0.0714. The standard InChI is InChI=1S/C14H12BrN5/c1-20(10-4-2-3-9(15)5-10)14-11-6-13(16)17-7-12(11)18-8-19-14/h2-8H,1H3,(H2,16,17). The first-order chi connectivity index (χ1) is 9.65. The summed E-state index contributed by atoms with van der Waals surface area (Å²) < 4.78 is 1.02. The van der Waals surface area contributed by atoms with Crippen LogP contribution in [-0.2, 0) is 0 Å². The number of fused-ring (bicyclic) bond motifs is 1. The number of nitrogens with zero attached hydrogens (tertiary/aromatic N) is 4. The quantitative estimate of drug-likeness (QED) is 0.782. The number of hydrogen-bond acceptors (Lipinski definition) is 5. The SMILES string of the molecule is CN(c1cccc(Br)c1)c1ncnc2cnc(N)cc12. The van der Waals surface area contributed by atoms with Crippen LogP contribution in [0.3, 0.4) is 0 Å². The Morgan fingerprint density at radius 1 is 1.15 bits per heavy atom. The summed E-state index contributed by atoms with van der Waals surface area (Å²) in [6.45, 7) is 0. The average Bonchev–Trinajstić information content (AvgIpc) is 2.46. The summed E-state index contributed by atoms with van der Waals surface area (Å²) in [5.74, 6) is 1.25. The number of pyridine rings is 1. The molecule has 0 spiro atoms. The number of nitrogen functional groups attached to an aromatic ring is 1. The van der Waals surface area contributed by atoms with Gasteiger partial charge in [0.05, 0.1) is 11.7 Å². The molecule has 6 heteroatoms. The molecule has 0 aliphatic heterocycles. The molecule has 0 atom stereocenters. The lowest BCUT2D eigenvalue weighted by atomic mass is 10.2. The zero-order valence-electron chi connectivity index (χ0n) is 10.8. The monoisotopic (exact) mass is 329 g/mol. The Bertz CT molecular complexity index is 774. The van der Waals surface area contributed by atoms with Gasteiger partial charge >= 0.3 is 0 Å². The minimum atomic E-state index is 0.455. The summed E-state index contributed by atoms with van der Waals surface area (Å²) in [6.07, 6.45) is 3.19. The summed E-state index contributed by atoms with van der Waals surface area (Å²) in [6, 6.07) is 9.80. The van der Waals surface area contributed by atoms with E-state index < -0.39 is 0 Å². The number of nitrogens with two attached hydrogens (primary N) is 1. The van der Waals surface area contributed by atoms with Gasteiger partial charge in [0.2, 0.25) is 0 Å². The van der Waals surface area contributed by atoms with Gasteiger partial charge < -0.3 is 10.6 Å². The fourth-order valence-electron chi connectivity index (χ4n) is 2.04. The molecule has 0 radical (unpaired) electrons. The van der Waals surface area contributed by atoms with Crippen LogP contribution in [0.2, 0.25) is 0 Å². The number of hydrogen-bond donors (Lipinski definition) is 1. The van der Waals surface area contributed by atoms with Gasteiger partial charge in [-0.2, -0.15) is 0 Å². The molecule has 0 saturated heterocycles. The first kappa shape index (κ1) is 12.8. The van der Waals surface area contributed by atoms with E-state index in [1.54, 1.807) is 12.3 Å². The number of halogens is 1. The van der Waals surface area contributed by atoms with E-state index in [9.17, 15) is 0 Å². The van der Waals surface area contributed by atoms with Gasteiger partial charge in [-0.1, -0.05) is 22.0 Å². The van der Waals surface area contributed by atoms with Gasteiger partial charge in [0, 0.05) is 22.6 Å². The first-order valence-electron chi connectivity index (χ1n) is 6.00. The Balaban J connectivity index is 2.16. The summed E-state index contributed by atoms with van der Waals surface area (Å²) in [4.78, 5) is 14.6. The molecule has 2 aromatic heterocycles. The molecule has 0 unspecified atom stereocenters. The number of benzene rings is 1. The van der Waals surface area contributed by atoms with Crippen LogP contribution in [0.1, 0.15) is 0 Å². The Hall–Kier alpha value is -2.21. The van der Waals surface area contributed by atoms with E-state index in [1.807, 2.05) is 36.2 Å². The molecule has 3 aromatic rings. The molecule has 0 aliphatic carbocycles. The van der Waals surface area contributed by atoms with Gasteiger partial charge in [0.15, 0.2) is 0 Å². The van der Waals surface area contributed by atoms with Crippen LogP contribution < -0.4 is 10.6 Å². The van der Waals surface area contributed by atoms with Crippen molar-refractivity contribution < 1.29 is 0 Å². The molecule has 0 amide bonds. The molecule has 2 heterocycles. The lowest BCUT2D eigenvalue weighted by molar-refractivity contribution is 1.11. The van der Waals surface area contributed by atoms with Crippen LogP contribution in [-0.4, -0.2) is 22.0 Å². The summed E-state index contributed by atoms with van der Waals surface area (Å²) in [5.41, 5.74) is 7.56. The number of rotatable bonds is 2. The molecule has 5 nitrogen and oxygen atoms in total. The third kappa shape index (κ3) is 2.30. The van der Waals surface area contributed by atoms with Gasteiger partial charge in [-0.15, -0.1) is 0 Å². The minimum Gasteiger partial charge on any atom is -0.384 e. The summed E-state index contributed by atoms with van der Waals surface area (Å²) >= 11 is 3.47. The van der Waals surface area contributed by atoms with Crippen molar-refractivity contribution in [2.45, 2.75) is 0 Å². The molecule has 0 fully saturated rings. The van der Waals surface area contributed by atoms with Crippen LogP contribution >= 0.6 is 15.9 Å². The van der Waals surface area contributed by atoms with Crippen molar-refractivity contribution >= 4 is 44.2 Å². The van der Waals surface area contributed by atoms with Crippen LogP contribution in [0.4, 0.5) is 17.3 Å². The van der Waals surface area contributed by atoms with E-state index in [-0.39, 0.29) is 0 Å². The zero-order chi connectivity index (χ0) is 14.1. The van der Waals surface area contributed by atoms with Crippen molar-refractivity contribution in [2.75, 3.05) is 17.7 Å². The van der Waals surface area contributed by atoms with E-state index in [1.165, 1.54) is 6.33 Å². The minimum absolute atomic E-state index is 0.455. The Morgan fingerprint density at radius 3 is 2.80 bits per heavy atom. The highest BCUT2D eigenvalue weighted by Gasteiger charge is 2.11. The van der Waals surface area contributed by atoms with Crippen molar-refractivity contribution in [2.24, 2.45) is 0 Å². The third-order valence-corrected chi connectivity index (χ3v) is 3.53. The van der Waals surface area contributed by atoms with E-state index >= 15 is 0 Å². The second-order valence-electron chi connectivity index (χ2n) is 4.36. The number of anilines is 3. The molecule has 2 N–H and O–H groups in total. The molecule has 0 saturated carbocycles. The zero-order valence-corrected chi connectivity index (χ0v) is 12.4. The highest BCUT2D eigenvalue weighted by Crippen LogP contribution is 2.29. The first-order valence-corrected chi connectivity index (χ1v) is 6.80. The Morgan fingerprint density at radius 2 is 2.00 bits per heavy atom. The highest BCUT2D eigenvalue weighted by atomic mass is 79.9. The van der Waals surface area contributed by atoms with Gasteiger partial charge in [-0.05, 0) is 24.3 Å². The summed E-state index contributed by atoms with van der Waals surface area (Å²) in [7, 11) is 1.96. The van der Waals surface area contributed by atoms with Crippen molar-refractivity contribution in [1.82, 2.24) is 15.0 Å². The lowest BCUT2D eigenvalue weighted by Gasteiger charge is -2.20. The van der Waals surface area contributed by atoms with Crippen LogP contribution in [0.15, 0.2) is 47.3 Å². The van der Waals surface area contributed by atoms with Crippen molar-refractivity contribution in [3.05, 3.63) is 47.3 Å². The largest absolute Gasteiger partial charge is 0.384 e. The summed E-state index contributed by atoms with van der Waals surface area (Å²) in [5, 5.41) is 0.877. The van der Waals surface area contributed by atoms with Gasteiger partial charge in [-0.3, -0.25) is 0 Å². The average molecular weight is 330 g/mol. The maximum atomic E-state index is 5.76. The van der Waals surface area contributed by atoms with E-state index in [0.29, 0.717) is 5.82 Å². The molecule has 1 aromatic carbocycles. The van der Waals surface area contributed by atoms with Crippen molar-refractivity contribution in [3.63, 3.8) is 0 Å². The molecule has 3 rings (SSSR count). The maximum absolute atomic E-state index is 5.76. The smallest absolute Gasteiger partial charge is 0.144 e. The van der Waals surface area contributed by atoms with E-state index in [0.717, 1.165) is 26.9 Å². The Kier molecular flexibility index (Phi) is 3.23. The highest BCUT2D eigenvalue weighted by molar-refractivity contribution is 9.10. The number of aromatic nitrogens is 3. The second kappa shape index (κ2) is 5.05. The van der Waals surface area contributed by atoms with Gasteiger partial charge in [0.1, 0.15) is 18.0 Å². The second-order valence-corrected chi connectivity index (χ2v) is 5.28. The molecule has 0 aliphatic rings. The van der Waals surface area contributed by atoms with Gasteiger partial charge in [-0.25, -0.2) is 15.0 Å². The van der Waals surface area contributed by atoms with E-state index in [2.05, 4.69) is 30.9 Å². The van der Waals surface area contributed by atoms with Gasteiger partial charge in [0.25, 0.3) is 0 Å². The molecular weight excluding hydrogens is 318 g/mol. The predicted molar refractivity (Wildman–Crippen MR) is 84.0 cm³/mol. The molecule has 20 heavy (non-hydrogen) atoms. The topological polar surface area (TPSA) is 67.9 Å². The third-order valence-electron chi connectivity index (χ3n) is 3.04. The normalized spacial score (nSPS) is 10.7. The Labute approximate surface area is 124 Å². The molecule has 100 valence electrons. The lowest BCUT2D eigenvalue weighted by Crippen LogP contribution is -2.12. The van der Waals surface area contributed by atoms with E-state index in [4.69, 9.17) is 5.73 Å². The molecular formula is C14H12BrN5. The van der Waals surface area contributed by atoms with Crippen molar-refractivity contribution in [3.8, 4) is 0 Å².